The molecule has 40 heavy (non-hydrogen) atoms. The van der Waals surface area contributed by atoms with E-state index in [1.807, 2.05) is 29.6 Å². The van der Waals surface area contributed by atoms with Crippen molar-refractivity contribution in [3.05, 3.63) is 36.0 Å². The van der Waals surface area contributed by atoms with Crippen molar-refractivity contribution < 1.29 is 43.8 Å². The molecule has 4 atom stereocenters. The summed E-state index contributed by atoms with van der Waals surface area (Å²) in [5.74, 6) is -7.98. The summed E-state index contributed by atoms with van der Waals surface area (Å²) >= 11 is 0. The summed E-state index contributed by atoms with van der Waals surface area (Å²) < 4.78 is 0. The van der Waals surface area contributed by atoms with Gasteiger partial charge in [0.2, 0.25) is 29.5 Å². The number of aromatic amines is 1. The third-order valence-corrected chi connectivity index (χ3v) is 5.79. The van der Waals surface area contributed by atoms with Crippen molar-refractivity contribution in [2.24, 2.45) is 17.2 Å². The van der Waals surface area contributed by atoms with Crippen LogP contribution in [-0.2, 0) is 40.0 Å². The van der Waals surface area contributed by atoms with Gasteiger partial charge in [0.05, 0.1) is 18.9 Å². The van der Waals surface area contributed by atoms with E-state index in [2.05, 4.69) is 15.6 Å². The number of hydrogen-bond donors (Lipinski definition) is 9. The number of H-pyrrole nitrogens is 1. The molecule has 1 aromatic heterocycles. The number of rotatable bonds is 16. The lowest BCUT2D eigenvalue weighted by atomic mass is 10.0. The lowest BCUT2D eigenvalue weighted by Crippen LogP contribution is -2.58. The molecule has 0 aliphatic carbocycles. The molecule has 12 N–H and O–H groups in total. The van der Waals surface area contributed by atoms with Gasteiger partial charge in [-0.25, -0.2) is 4.79 Å². The van der Waals surface area contributed by atoms with Gasteiger partial charge >= 0.3 is 11.9 Å². The Bertz CT molecular complexity index is 1290. The second kappa shape index (κ2) is 14.2. The minimum absolute atomic E-state index is 0.0703. The summed E-state index contributed by atoms with van der Waals surface area (Å²) in [4.78, 5) is 86.7. The second-order valence-electron chi connectivity index (χ2n) is 8.97. The highest BCUT2D eigenvalue weighted by molar-refractivity contribution is 5.97. The van der Waals surface area contributed by atoms with Crippen LogP contribution in [0.25, 0.3) is 10.9 Å². The molecular weight excluding hydrogens is 530 g/mol. The van der Waals surface area contributed by atoms with Gasteiger partial charge in [-0.05, 0) is 24.5 Å². The Morgan fingerprint density at radius 1 is 0.800 bits per heavy atom. The first-order valence-corrected chi connectivity index (χ1v) is 12.0. The van der Waals surface area contributed by atoms with Crippen LogP contribution >= 0.6 is 0 Å². The highest BCUT2D eigenvalue weighted by atomic mass is 16.4. The number of primary amides is 2. The van der Waals surface area contributed by atoms with Crippen LogP contribution in [0.15, 0.2) is 30.5 Å². The summed E-state index contributed by atoms with van der Waals surface area (Å²) in [6.45, 7) is 0. The van der Waals surface area contributed by atoms with Crippen molar-refractivity contribution >= 4 is 52.4 Å². The maximum absolute atomic E-state index is 13.0. The average Bonchev–Trinajstić information content (AvgIpc) is 3.27. The van der Waals surface area contributed by atoms with E-state index in [4.69, 9.17) is 22.3 Å². The Morgan fingerprint density at radius 3 is 1.95 bits per heavy atom. The highest BCUT2D eigenvalue weighted by Crippen LogP contribution is 2.18. The van der Waals surface area contributed by atoms with Crippen LogP contribution in [0.3, 0.4) is 0 Å². The van der Waals surface area contributed by atoms with Crippen molar-refractivity contribution in [1.29, 1.82) is 0 Å². The molecule has 1 aromatic carbocycles. The third-order valence-electron chi connectivity index (χ3n) is 5.79. The zero-order valence-electron chi connectivity index (χ0n) is 21.2. The van der Waals surface area contributed by atoms with E-state index >= 15 is 0 Å². The van der Waals surface area contributed by atoms with Crippen LogP contribution in [-0.4, -0.2) is 80.8 Å². The summed E-state index contributed by atoms with van der Waals surface area (Å²) in [6, 6.07) is 1.17. The van der Waals surface area contributed by atoms with Crippen molar-refractivity contribution in [1.82, 2.24) is 20.9 Å². The Labute approximate surface area is 227 Å². The molecule has 0 radical (unpaired) electrons. The quantitative estimate of drug-likeness (QED) is 0.101. The monoisotopic (exact) mass is 561 g/mol. The van der Waals surface area contributed by atoms with Crippen molar-refractivity contribution in [3.63, 3.8) is 0 Å². The number of aliphatic carboxylic acids is 2. The van der Waals surface area contributed by atoms with E-state index in [-0.39, 0.29) is 6.42 Å². The molecule has 4 unspecified atom stereocenters. The molecule has 0 aliphatic rings. The number of aromatic nitrogens is 1. The molecule has 2 aromatic rings. The molecule has 0 spiro atoms. The number of amides is 5. The van der Waals surface area contributed by atoms with Crippen LogP contribution in [0.5, 0.6) is 0 Å². The lowest BCUT2D eigenvalue weighted by Gasteiger charge is -2.24. The number of carboxylic acid groups (broad SMARTS) is 2. The molecular formula is C24H31N7O9. The summed E-state index contributed by atoms with van der Waals surface area (Å²) in [7, 11) is 0. The van der Waals surface area contributed by atoms with Crippen molar-refractivity contribution in [3.8, 4) is 0 Å². The van der Waals surface area contributed by atoms with Crippen molar-refractivity contribution in [2.45, 2.75) is 56.3 Å². The van der Waals surface area contributed by atoms with Crippen LogP contribution in [0, 0.1) is 0 Å². The van der Waals surface area contributed by atoms with E-state index in [1.165, 1.54) is 0 Å². The average molecular weight is 562 g/mol. The second-order valence-corrected chi connectivity index (χ2v) is 8.97. The first-order chi connectivity index (χ1) is 18.8. The maximum Gasteiger partial charge on any atom is 0.326 e. The van der Waals surface area contributed by atoms with Gasteiger partial charge in [-0.1, -0.05) is 18.2 Å². The standard InChI is InChI=1S/C24H31N7O9/c25-13(7-11-10-28-14-4-2-1-3-12(11)14)21(36)30-16(8-18(26)32)23(38)29-15(5-6-20(34)35)22(37)31-17(24(39)40)9-19(27)33/h1-4,10,13,15-17,28H,5-9,25H2,(H2,26,32)(H2,27,33)(H,29,38)(H,30,36)(H,31,37)(H,34,35)(H,39,40). The normalized spacial score (nSPS) is 13.8. The van der Waals surface area contributed by atoms with Crippen LogP contribution in [0.2, 0.25) is 0 Å². The van der Waals surface area contributed by atoms with E-state index in [0.717, 1.165) is 16.5 Å². The van der Waals surface area contributed by atoms with Gasteiger partial charge in [0, 0.05) is 23.5 Å². The Morgan fingerprint density at radius 2 is 1.35 bits per heavy atom. The number of carbonyl (C=O) groups is 7. The van der Waals surface area contributed by atoms with E-state index in [9.17, 15) is 38.7 Å². The number of fused-ring (bicyclic) bond motifs is 1. The molecule has 0 aliphatic heterocycles. The summed E-state index contributed by atoms with van der Waals surface area (Å²) in [5.41, 5.74) is 17.8. The topological polar surface area (TPSA) is 290 Å². The SMILES string of the molecule is NC(=O)CC(NC(=O)C(CCC(=O)O)NC(=O)C(CC(N)=O)NC(=O)C(N)Cc1c[nH]c2ccccc12)C(=O)O. The van der Waals surface area contributed by atoms with Gasteiger partial charge in [-0.15, -0.1) is 0 Å². The number of para-hydroxylation sites is 1. The van der Waals surface area contributed by atoms with Crippen molar-refractivity contribution in [2.75, 3.05) is 0 Å². The fraction of sp³-hybridized carbons (Fsp3) is 0.375. The fourth-order valence-electron chi connectivity index (χ4n) is 3.80. The number of carbonyl (C=O) groups excluding carboxylic acids is 5. The van der Waals surface area contributed by atoms with Crippen LogP contribution < -0.4 is 33.2 Å². The summed E-state index contributed by atoms with van der Waals surface area (Å²) in [6.07, 6.45) is -0.818. The maximum atomic E-state index is 13.0. The minimum Gasteiger partial charge on any atom is -0.481 e. The molecule has 5 amide bonds. The lowest BCUT2D eigenvalue weighted by molar-refractivity contribution is -0.144. The summed E-state index contributed by atoms with van der Waals surface area (Å²) in [5, 5.41) is 25.6. The number of carboxylic acids is 2. The van der Waals surface area contributed by atoms with Crippen LogP contribution in [0.4, 0.5) is 0 Å². The molecule has 0 bridgehead atoms. The van der Waals surface area contributed by atoms with Gasteiger partial charge in [-0.2, -0.15) is 0 Å². The molecule has 0 fully saturated rings. The smallest absolute Gasteiger partial charge is 0.326 e. The minimum atomic E-state index is -1.75. The van der Waals surface area contributed by atoms with E-state index in [0.29, 0.717) is 0 Å². The molecule has 16 nitrogen and oxygen atoms in total. The van der Waals surface area contributed by atoms with Gasteiger partial charge in [-0.3, -0.25) is 28.8 Å². The number of nitrogens with two attached hydrogens (primary N) is 3. The Balaban J connectivity index is 2.16. The molecule has 2 rings (SSSR count). The zero-order chi connectivity index (χ0) is 30.0. The van der Waals surface area contributed by atoms with E-state index in [1.54, 1.807) is 6.20 Å². The number of hydrogen-bond acceptors (Lipinski definition) is 8. The van der Waals surface area contributed by atoms with Gasteiger partial charge < -0.3 is 48.3 Å². The number of nitrogens with one attached hydrogen (secondary N) is 4. The Hall–Kier alpha value is -4.99. The molecule has 1 heterocycles. The number of benzene rings is 1. The first-order valence-electron chi connectivity index (χ1n) is 12.0. The third kappa shape index (κ3) is 9.39. The predicted molar refractivity (Wildman–Crippen MR) is 138 cm³/mol. The van der Waals surface area contributed by atoms with Gasteiger partial charge in [0.15, 0.2) is 0 Å². The highest BCUT2D eigenvalue weighted by Gasteiger charge is 2.32. The first kappa shape index (κ1) is 31.2. The molecule has 216 valence electrons. The Kier molecular flexibility index (Phi) is 11.1. The van der Waals surface area contributed by atoms with Crippen LogP contribution in [0.1, 0.15) is 31.2 Å². The molecule has 16 heteroatoms. The van der Waals surface area contributed by atoms with E-state index < -0.39 is 91.3 Å². The largest absolute Gasteiger partial charge is 0.481 e. The van der Waals surface area contributed by atoms with Gasteiger partial charge in [0.1, 0.15) is 18.1 Å². The molecule has 0 saturated heterocycles. The zero-order valence-corrected chi connectivity index (χ0v) is 21.2. The predicted octanol–water partition coefficient (Wildman–Crippen LogP) is -2.81. The fourth-order valence-corrected chi connectivity index (χ4v) is 3.80. The van der Waals surface area contributed by atoms with Gasteiger partial charge in [0.25, 0.3) is 0 Å². The molecule has 0 saturated carbocycles.